The lowest BCUT2D eigenvalue weighted by atomic mass is 9.69. The summed E-state index contributed by atoms with van der Waals surface area (Å²) in [4.78, 5) is 12.8. The number of allylic oxidation sites excluding steroid dienone is 14. The van der Waals surface area contributed by atoms with Gasteiger partial charge in [-0.1, -0.05) is 68.7 Å². The van der Waals surface area contributed by atoms with Gasteiger partial charge < -0.3 is 0 Å². The molecule has 0 aliphatic heterocycles. The molecule has 2 atom stereocenters. The van der Waals surface area contributed by atoms with Gasteiger partial charge in [0.05, 0.1) is 5.41 Å². The molecule has 0 aromatic carbocycles. The summed E-state index contributed by atoms with van der Waals surface area (Å²) < 4.78 is 0. The van der Waals surface area contributed by atoms with Gasteiger partial charge >= 0.3 is 0 Å². The van der Waals surface area contributed by atoms with Crippen LogP contribution in [0.3, 0.4) is 0 Å². The average Bonchev–Trinajstić information content (AvgIpc) is 2.99. The predicted octanol–water partition coefficient (Wildman–Crippen LogP) is 5.97. The van der Waals surface area contributed by atoms with Crippen molar-refractivity contribution in [2.45, 2.75) is 33.6 Å². The smallest absolute Gasteiger partial charge is 0.160 e. The number of ketones is 1. The minimum atomic E-state index is -0.378. The molecule has 1 spiro atoms. The van der Waals surface area contributed by atoms with Gasteiger partial charge in [0.25, 0.3) is 0 Å². The highest BCUT2D eigenvalue weighted by Crippen LogP contribution is 2.62. The molecule has 0 bridgehead atoms. The molecule has 128 valence electrons. The van der Waals surface area contributed by atoms with E-state index in [1.165, 1.54) is 22.3 Å². The van der Waals surface area contributed by atoms with Crippen molar-refractivity contribution in [3.8, 4) is 0 Å². The van der Waals surface area contributed by atoms with Crippen molar-refractivity contribution in [1.82, 2.24) is 0 Å². The van der Waals surface area contributed by atoms with Crippen LogP contribution >= 0.6 is 0 Å². The van der Waals surface area contributed by atoms with Gasteiger partial charge in [-0.15, -0.1) is 0 Å². The Morgan fingerprint density at radius 2 is 2.00 bits per heavy atom. The maximum absolute atomic E-state index is 12.8. The zero-order chi connectivity index (χ0) is 18.2. The average molecular weight is 330 g/mol. The molecule has 0 saturated carbocycles. The first kappa shape index (κ1) is 17.4. The maximum Gasteiger partial charge on any atom is 0.160 e. The van der Waals surface area contributed by atoms with Gasteiger partial charge in [0, 0.05) is 6.42 Å². The molecule has 3 rings (SSSR count). The second-order valence-corrected chi connectivity index (χ2v) is 7.08. The Bertz CT molecular complexity index is 835. The van der Waals surface area contributed by atoms with E-state index in [1.54, 1.807) is 6.08 Å². The Hall–Kier alpha value is -2.41. The van der Waals surface area contributed by atoms with Gasteiger partial charge in [0.15, 0.2) is 5.78 Å². The van der Waals surface area contributed by atoms with Gasteiger partial charge in [-0.25, -0.2) is 0 Å². The number of hydrogen-bond acceptors (Lipinski definition) is 1. The Morgan fingerprint density at radius 3 is 2.64 bits per heavy atom. The quantitative estimate of drug-likeness (QED) is 0.580. The predicted molar refractivity (Wildman–Crippen MR) is 106 cm³/mol. The number of carbonyl (C=O) groups is 1. The summed E-state index contributed by atoms with van der Waals surface area (Å²) in [5.41, 5.74) is 6.50. The Balaban J connectivity index is 2.38. The number of Topliss-reactive ketones (excluding diaryl/α,β-unsaturated/α-hetero) is 1. The Morgan fingerprint density at radius 1 is 1.24 bits per heavy atom. The van der Waals surface area contributed by atoms with E-state index in [-0.39, 0.29) is 11.2 Å². The van der Waals surface area contributed by atoms with Crippen LogP contribution in [-0.2, 0) is 4.79 Å². The monoisotopic (exact) mass is 330 g/mol. The van der Waals surface area contributed by atoms with Crippen LogP contribution in [0.5, 0.6) is 0 Å². The largest absolute Gasteiger partial charge is 0.294 e. The molecule has 2 unspecified atom stereocenters. The molecule has 0 heterocycles. The van der Waals surface area contributed by atoms with Crippen molar-refractivity contribution in [2.24, 2.45) is 11.3 Å². The molecule has 0 fully saturated rings. The number of rotatable bonds is 4. The molecule has 0 radical (unpaired) electrons. The third kappa shape index (κ3) is 2.41. The van der Waals surface area contributed by atoms with Gasteiger partial charge in [0.1, 0.15) is 0 Å². The molecule has 25 heavy (non-hydrogen) atoms. The van der Waals surface area contributed by atoms with Crippen molar-refractivity contribution in [2.75, 3.05) is 0 Å². The fraction of sp³-hybridized carbons (Fsp3) is 0.292. The second kappa shape index (κ2) is 6.48. The van der Waals surface area contributed by atoms with Crippen LogP contribution in [0.25, 0.3) is 0 Å². The molecule has 1 nitrogen and oxygen atoms in total. The molecule has 0 aromatic heterocycles. The first-order valence-corrected chi connectivity index (χ1v) is 8.98. The minimum absolute atomic E-state index is 0.231. The molecule has 1 heteroatoms. The highest BCUT2D eigenvalue weighted by atomic mass is 16.1. The molecular formula is C24H26O. The number of fused-ring (bicyclic) bond motifs is 2. The molecule has 0 saturated heterocycles. The Labute approximate surface area is 151 Å². The third-order valence-corrected chi connectivity index (χ3v) is 5.58. The summed E-state index contributed by atoms with van der Waals surface area (Å²) in [6.07, 6.45) is 18.2. The van der Waals surface area contributed by atoms with Gasteiger partial charge in [0.2, 0.25) is 0 Å². The lowest BCUT2D eigenvalue weighted by molar-refractivity contribution is -0.115. The first-order chi connectivity index (χ1) is 12.0. The standard InChI is InChI=1S/C24H26O/c1-6-9-11-20-17(5)23(25)15-24(20)21(10-7-2)18(8-3)19-13-12-16(4)14-22(19)24/h6-11,13-14,16H,1,3,12,15H2,2,4-5H3/b10-7-,11-9-. The van der Waals surface area contributed by atoms with Gasteiger partial charge in [-0.3, -0.25) is 4.79 Å². The second-order valence-electron chi connectivity index (χ2n) is 7.08. The van der Waals surface area contributed by atoms with E-state index in [0.717, 1.165) is 17.6 Å². The fourth-order valence-electron chi connectivity index (χ4n) is 4.47. The molecule has 3 aliphatic carbocycles. The molecule has 3 aliphatic rings. The highest BCUT2D eigenvalue weighted by molar-refractivity contribution is 6.03. The lowest BCUT2D eigenvalue weighted by Gasteiger charge is -2.32. The molecule has 0 aromatic rings. The molecule has 0 N–H and O–H groups in total. The topological polar surface area (TPSA) is 17.1 Å². The van der Waals surface area contributed by atoms with Gasteiger partial charge in [-0.2, -0.15) is 0 Å². The summed E-state index contributed by atoms with van der Waals surface area (Å²) in [6, 6.07) is 0. The van der Waals surface area contributed by atoms with Crippen LogP contribution in [0.4, 0.5) is 0 Å². The summed E-state index contributed by atoms with van der Waals surface area (Å²) in [7, 11) is 0. The van der Waals surface area contributed by atoms with Crippen molar-refractivity contribution in [3.63, 3.8) is 0 Å². The van der Waals surface area contributed by atoms with Crippen LogP contribution in [0.2, 0.25) is 0 Å². The fourth-order valence-corrected chi connectivity index (χ4v) is 4.47. The first-order valence-electron chi connectivity index (χ1n) is 8.98. The van der Waals surface area contributed by atoms with Crippen LogP contribution < -0.4 is 0 Å². The van der Waals surface area contributed by atoms with Crippen molar-refractivity contribution in [3.05, 3.63) is 95.2 Å². The third-order valence-electron chi connectivity index (χ3n) is 5.58. The van der Waals surface area contributed by atoms with Crippen LogP contribution in [0.15, 0.2) is 95.2 Å². The van der Waals surface area contributed by atoms with E-state index < -0.39 is 0 Å². The van der Waals surface area contributed by atoms with Crippen LogP contribution in [-0.4, -0.2) is 5.78 Å². The van der Waals surface area contributed by atoms with Gasteiger partial charge in [-0.05, 0) is 59.6 Å². The molecular weight excluding hydrogens is 304 g/mol. The van der Waals surface area contributed by atoms with E-state index in [2.05, 4.69) is 50.5 Å². The normalized spacial score (nSPS) is 29.1. The van der Waals surface area contributed by atoms with E-state index in [1.807, 2.05) is 26.0 Å². The van der Waals surface area contributed by atoms with Crippen molar-refractivity contribution in [1.29, 1.82) is 0 Å². The number of hydrogen-bond donors (Lipinski definition) is 0. The van der Waals surface area contributed by atoms with E-state index >= 15 is 0 Å². The van der Waals surface area contributed by atoms with E-state index in [9.17, 15) is 4.79 Å². The summed E-state index contributed by atoms with van der Waals surface area (Å²) >= 11 is 0. The lowest BCUT2D eigenvalue weighted by Crippen LogP contribution is -2.24. The SMILES string of the molecule is C=C/C=C\C1=C(C)C(=O)CC12C1=CC(C)CC=C1C(C=C)=C2/C=C\C. The summed E-state index contributed by atoms with van der Waals surface area (Å²) in [6.45, 7) is 14.1. The zero-order valence-corrected chi connectivity index (χ0v) is 15.4. The van der Waals surface area contributed by atoms with Crippen LogP contribution in [0, 0.1) is 11.3 Å². The minimum Gasteiger partial charge on any atom is -0.294 e. The van der Waals surface area contributed by atoms with Crippen LogP contribution in [0.1, 0.15) is 33.6 Å². The molecule has 0 amide bonds. The Kier molecular flexibility index (Phi) is 4.51. The van der Waals surface area contributed by atoms with Crippen molar-refractivity contribution < 1.29 is 4.79 Å². The van der Waals surface area contributed by atoms with E-state index in [4.69, 9.17) is 0 Å². The van der Waals surface area contributed by atoms with Crippen molar-refractivity contribution >= 4 is 5.78 Å². The maximum atomic E-state index is 12.8. The summed E-state index contributed by atoms with van der Waals surface area (Å²) in [5, 5.41) is 0. The number of carbonyl (C=O) groups excluding carboxylic acids is 1. The summed E-state index contributed by atoms with van der Waals surface area (Å²) in [5.74, 6) is 0.710. The zero-order valence-electron chi connectivity index (χ0n) is 15.4. The highest BCUT2D eigenvalue weighted by Gasteiger charge is 2.53. The van der Waals surface area contributed by atoms with E-state index in [0.29, 0.717) is 12.3 Å².